The zero-order valence-electron chi connectivity index (χ0n) is 8.91. The van der Waals surface area contributed by atoms with Crippen molar-refractivity contribution in [2.45, 2.75) is 30.6 Å². The molecule has 1 aromatic heterocycles. The maximum absolute atomic E-state index is 10.6. The van der Waals surface area contributed by atoms with Gasteiger partial charge in [-0.2, -0.15) is 0 Å². The van der Waals surface area contributed by atoms with Crippen LogP contribution in [0.2, 0.25) is 0 Å². The normalized spacial score (nSPS) is 16.6. The predicted molar refractivity (Wildman–Crippen MR) is 68.8 cm³/mol. The zero-order valence-corrected chi connectivity index (χ0v) is 11.3. The van der Waals surface area contributed by atoms with Gasteiger partial charge in [-0.05, 0) is 45.7 Å². The highest BCUT2D eigenvalue weighted by Gasteiger charge is 2.19. The van der Waals surface area contributed by atoms with E-state index >= 15 is 0 Å². The molecule has 0 radical (unpaired) electrons. The van der Waals surface area contributed by atoms with Crippen LogP contribution in [0, 0.1) is 10.8 Å². The first-order valence-electron chi connectivity index (χ1n) is 5.47. The van der Waals surface area contributed by atoms with Gasteiger partial charge in [0.15, 0.2) is 0 Å². The minimum atomic E-state index is 0.436. The van der Waals surface area contributed by atoms with Crippen molar-refractivity contribution in [3.63, 3.8) is 0 Å². The molecule has 1 aromatic rings. The van der Waals surface area contributed by atoms with Crippen LogP contribution in [-0.4, -0.2) is 5.75 Å². The summed E-state index contributed by atoms with van der Waals surface area (Å²) >= 11 is 5.12. The molecule has 0 unspecified atom stereocenters. The monoisotopic (exact) mass is 301 g/mol. The van der Waals surface area contributed by atoms with Crippen molar-refractivity contribution in [2.24, 2.45) is 11.1 Å². The summed E-state index contributed by atoms with van der Waals surface area (Å²) < 4.78 is 0.953. The van der Waals surface area contributed by atoms with E-state index in [9.17, 15) is 4.91 Å². The summed E-state index contributed by atoms with van der Waals surface area (Å²) in [5.41, 5.74) is 0. The van der Waals surface area contributed by atoms with Gasteiger partial charge in [0.1, 0.15) is 11.1 Å². The number of aromatic nitrogens is 1. The van der Waals surface area contributed by atoms with Gasteiger partial charge in [-0.15, -0.1) is 11.8 Å². The van der Waals surface area contributed by atoms with Crippen LogP contribution in [0.5, 0.6) is 0 Å². The van der Waals surface area contributed by atoms with Crippen LogP contribution >= 0.6 is 27.7 Å². The van der Waals surface area contributed by atoms with Gasteiger partial charge in [0, 0.05) is 5.75 Å². The highest BCUT2D eigenvalue weighted by molar-refractivity contribution is 9.10. The van der Waals surface area contributed by atoms with Crippen molar-refractivity contribution in [2.75, 3.05) is 5.75 Å². The van der Waals surface area contributed by atoms with Crippen molar-refractivity contribution >= 4 is 33.5 Å². The van der Waals surface area contributed by atoms with Crippen LogP contribution in [0.3, 0.4) is 0 Å². The van der Waals surface area contributed by atoms with Crippen LogP contribution < -0.4 is 4.98 Å². The van der Waals surface area contributed by atoms with Crippen molar-refractivity contribution in [3.05, 3.63) is 21.6 Å². The van der Waals surface area contributed by atoms with Gasteiger partial charge in [-0.25, -0.2) is 4.98 Å². The number of rotatable bonds is 4. The number of halogens is 1. The van der Waals surface area contributed by atoms with E-state index in [1.165, 1.54) is 25.7 Å². The maximum atomic E-state index is 10.6. The third-order valence-electron chi connectivity index (χ3n) is 2.89. The average Bonchev–Trinajstić information content (AvgIpc) is 2.79. The lowest BCUT2D eigenvalue weighted by atomic mass is 10.1. The van der Waals surface area contributed by atoms with Gasteiger partial charge in [0.2, 0.25) is 5.18 Å². The molecule has 1 aliphatic carbocycles. The van der Waals surface area contributed by atoms with E-state index in [1.807, 2.05) is 6.07 Å². The van der Waals surface area contributed by atoms with E-state index < -0.39 is 0 Å². The summed E-state index contributed by atoms with van der Waals surface area (Å²) in [5.74, 6) is 2.34. The Bertz CT molecular complexity index is 380. The van der Waals surface area contributed by atoms with E-state index in [0.29, 0.717) is 5.82 Å². The predicted octanol–water partition coefficient (Wildman–Crippen LogP) is 3.94. The van der Waals surface area contributed by atoms with Crippen LogP contribution in [0.25, 0.3) is 0 Å². The Hall–Kier alpha value is -0.420. The largest absolute Gasteiger partial charge is 0.386 e. The highest BCUT2D eigenvalue weighted by atomic mass is 79.9. The molecule has 0 saturated heterocycles. The van der Waals surface area contributed by atoms with Crippen molar-refractivity contribution in [1.82, 2.24) is 0 Å². The first-order valence-corrected chi connectivity index (χ1v) is 7.25. The lowest BCUT2D eigenvalue weighted by Gasteiger charge is -2.06. The molecule has 1 fully saturated rings. The first kappa shape index (κ1) is 12.0. The quantitative estimate of drug-likeness (QED) is 0.624. The number of nitrogens with one attached hydrogen (secondary N) is 1. The molecule has 1 N–H and O–H groups in total. The second-order valence-corrected chi connectivity index (χ2v) is 6.06. The molecular formula is C11H14BrN2OS+. The van der Waals surface area contributed by atoms with Gasteiger partial charge in [-0.3, -0.25) is 0 Å². The smallest absolute Gasteiger partial charge is 0.239 e. The number of thioether (sulfide) groups is 1. The van der Waals surface area contributed by atoms with E-state index in [0.717, 1.165) is 21.0 Å². The molecule has 0 bridgehead atoms. The minimum absolute atomic E-state index is 0.436. The Morgan fingerprint density at radius 1 is 1.50 bits per heavy atom. The lowest BCUT2D eigenvalue weighted by molar-refractivity contribution is -0.366. The Kier molecular flexibility index (Phi) is 4.35. The molecule has 16 heavy (non-hydrogen) atoms. The third-order valence-corrected chi connectivity index (χ3v) is 4.61. The van der Waals surface area contributed by atoms with Crippen molar-refractivity contribution in [3.8, 4) is 0 Å². The minimum Gasteiger partial charge on any atom is -0.239 e. The van der Waals surface area contributed by atoms with Crippen molar-refractivity contribution < 1.29 is 4.98 Å². The van der Waals surface area contributed by atoms with E-state index in [4.69, 9.17) is 0 Å². The standard InChI is InChI=1S/C11H13BrN2OS/c12-9-5-10(11(14-15)13-6-9)16-7-8-3-1-2-4-8/h5-6,8H,1-4,7H2/p+1. The fourth-order valence-corrected chi connectivity index (χ4v) is 3.70. The molecule has 0 aromatic carbocycles. The first-order chi connectivity index (χ1) is 7.79. The molecule has 1 saturated carbocycles. The molecule has 0 spiro atoms. The summed E-state index contributed by atoms with van der Waals surface area (Å²) in [4.78, 5) is 14.4. The highest BCUT2D eigenvalue weighted by Crippen LogP contribution is 2.34. The Balaban J connectivity index is 2.01. The fraction of sp³-hybridized carbons (Fsp3) is 0.545. The zero-order chi connectivity index (χ0) is 11.4. The molecule has 0 atom stereocenters. The Morgan fingerprint density at radius 2 is 2.25 bits per heavy atom. The number of hydrogen-bond acceptors (Lipinski definition) is 3. The average molecular weight is 302 g/mol. The Morgan fingerprint density at radius 3 is 2.94 bits per heavy atom. The number of hydrogen-bond donors (Lipinski definition) is 0. The summed E-state index contributed by atoms with van der Waals surface area (Å²) in [5, 5.41) is 3.01. The van der Waals surface area contributed by atoms with Gasteiger partial charge in [0.05, 0.1) is 4.47 Å². The molecule has 3 nitrogen and oxygen atoms in total. The number of nitrogens with zero attached hydrogens (tertiary/aromatic N) is 1. The van der Waals surface area contributed by atoms with Crippen LogP contribution in [0.1, 0.15) is 25.7 Å². The van der Waals surface area contributed by atoms with E-state index in [-0.39, 0.29) is 0 Å². The molecule has 1 heterocycles. The fourth-order valence-electron chi connectivity index (χ4n) is 2.01. The summed E-state index contributed by atoms with van der Waals surface area (Å²) in [6, 6.07) is 1.95. The third kappa shape index (κ3) is 3.04. The molecule has 0 amide bonds. The molecule has 86 valence electrons. The van der Waals surface area contributed by atoms with Gasteiger partial charge >= 0.3 is 5.82 Å². The van der Waals surface area contributed by atoms with Gasteiger partial charge < -0.3 is 0 Å². The SMILES string of the molecule is O=Nc1[nH+]cc(Br)cc1SCC1CCCC1. The Labute approximate surface area is 108 Å². The number of pyridine rings is 1. The van der Waals surface area contributed by atoms with Crippen LogP contribution in [0.4, 0.5) is 5.82 Å². The molecule has 5 heteroatoms. The molecule has 1 aliphatic rings. The van der Waals surface area contributed by atoms with Gasteiger partial charge in [0.25, 0.3) is 0 Å². The number of H-pyrrole nitrogens is 1. The second-order valence-electron chi connectivity index (χ2n) is 4.08. The topological polar surface area (TPSA) is 43.6 Å². The van der Waals surface area contributed by atoms with Crippen molar-refractivity contribution in [1.29, 1.82) is 0 Å². The van der Waals surface area contributed by atoms with E-state index in [1.54, 1.807) is 18.0 Å². The summed E-state index contributed by atoms with van der Waals surface area (Å²) in [6.45, 7) is 0. The van der Waals surface area contributed by atoms with E-state index in [2.05, 4.69) is 26.1 Å². The molecular weight excluding hydrogens is 288 g/mol. The van der Waals surface area contributed by atoms with Gasteiger partial charge in [-0.1, -0.05) is 12.8 Å². The molecule has 0 aliphatic heterocycles. The second kappa shape index (κ2) is 5.77. The maximum Gasteiger partial charge on any atom is 0.386 e. The lowest BCUT2D eigenvalue weighted by Crippen LogP contribution is -2.03. The summed E-state index contributed by atoms with van der Waals surface area (Å²) in [6.07, 6.45) is 7.10. The number of nitroso groups, excluding NO2 is 1. The molecule has 2 rings (SSSR count). The number of aromatic amines is 1. The summed E-state index contributed by atoms with van der Waals surface area (Å²) in [7, 11) is 0. The van der Waals surface area contributed by atoms with Crippen LogP contribution in [-0.2, 0) is 0 Å². The van der Waals surface area contributed by atoms with Crippen LogP contribution in [0.15, 0.2) is 26.8 Å².